The third-order valence-electron chi connectivity index (χ3n) is 6.85. The summed E-state index contributed by atoms with van der Waals surface area (Å²) in [5.74, 6) is 0.841. The van der Waals surface area contributed by atoms with E-state index in [4.69, 9.17) is 4.74 Å². The standard InChI is InChI=1S/C24H28FN3O2/c1-30-20-9-4-17-14-21(24(29)26-10-2-3-11-26)23-16-27(12-13-28(23)22(17)15-20)19-7-5-18(25)6-8-19/h4-9,15,21,23H,2-3,10-14,16H2,1H3/t21-,23-/m1/s1. The van der Waals surface area contributed by atoms with E-state index in [9.17, 15) is 9.18 Å². The predicted molar refractivity (Wildman–Crippen MR) is 116 cm³/mol. The third-order valence-corrected chi connectivity index (χ3v) is 6.85. The lowest BCUT2D eigenvalue weighted by Gasteiger charge is -2.50. The van der Waals surface area contributed by atoms with E-state index in [0.29, 0.717) is 0 Å². The maximum atomic E-state index is 13.5. The van der Waals surface area contributed by atoms with Crippen LogP contribution in [-0.4, -0.2) is 56.7 Å². The Balaban J connectivity index is 1.48. The van der Waals surface area contributed by atoms with Crippen LogP contribution in [0.2, 0.25) is 0 Å². The van der Waals surface area contributed by atoms with Crippen molar-refractivity contribution in [2.45, 2.75) is 25.3 Å². The Morgan fingerprint density at radius 1 is 1.03 bits per heavy atom. The van der Waals surface area contributed by atoms with Crippen molar-refractivity contribution < 1.29 is 13.9 Å². The van der Waals surface area contributed by atoms with E-state index < -0.39 is 0 Å². The minimum Gasteiger partial charge on any atom is -0.497 e. The fraction of sp³-hybridized carbons (Fsp3) is 0.458. The van der Waals surface area contributed by atoms with Crippen molar-refractivity contribution in [1.29, 1.82) is 0 Å². The van der Waals surface area contributed by atoms with Crippen molar-refractivity contribution >= 4 is 17.3 Å². The van der Waals surface area contributed by atoms with E-state index in [1.54, 1.807) is 7.11 Å². The first kappa shape index (κ1) is 19.2. The number of halogens is 1. The molecule has 3 aliphatic rings. The highest BCUT2D eigenvalue weighted by Gasteiger charge is 2.43. The average molecular weight is 410 g/mol. The second-order valence-electron chi connectivity index (χ2n) is 8.52. The number of likely N-dealkylation sites (tertiary alicyclic amines) is 1. The van der Waals surface area contributed by atoms with Crippen LogP contribution in [0.3, 0.4) is 0 Å². The van der Waals surface area contributed by atoms with Gasteiger partial charge in [0.2, 0.25) is 5.91 Å². The van der Waals surface area contributed by atoms with Crippen LogP contribution in [0, 0.1) is 11.7 Å². The lowest BCUT2D eigenvalue weighted by atomic mass is 9.83. The van der Waals surface area contributed by atoms with Gasteiger partial charge in [0.1, 0.15) is 11.6 Å². The SMILES string of the molecule is COc1ccc2c(c1)N1CCN(c3ccc(F)cc3)C[C@@H]1[C@H](C(=O)N1CCCC1)C2. The van der Waals surface area contributed by atoms with Gasteiger partial charge in [0.15, 0.2) is 0 Å². The minimum absolute atomic E-state index is 0.0627. The van der Waals surface area contributed by atoms with Gasteiger partial charge in [0.05, 0.1) is 19.1 Å². The number of nitrogens with zero attached hydrogens (tertiary/aromatic N) is 3. The highest BCUT2D eigenvalue weighted by Crippen LogP contribution is 2.39. The van der Waals surface area contributed by atoms with E-state index in [1.807, 2.05) is 23.1 Å². The zero-order valence-electron chi connectivity index (χ0n) is 17.4. The second-order valence-corrected chi connectivity index (χ2v) is 8.52. The van der Waals surface area contributed by atoms with Crippen LogP contribution in [0.5, 0.6) is 5.75 Å². The Morgan fingerprint density at radius 2 is 1.80 bits per heavy atom. The first-order valence-corrected chi connectivity index (χ1v) is 10.9. The number of carbonyl (C=O) groups excluding carboxylic acids is 1. The lowest BCUT2D eigenvalue weighted by molar-refractivity contribution is -0.135. The first-order valence-electron chi connectivity index (χ1n) is 10.9. The average Bonchev–Trinajstić information content (AvgIpc) is 3.33. The van der Waals surface area contributed by atoms with Crippen LogP contribution in [0.4, 0.5) is 15.8 Å². The molecule has 5 nitrogen and oxygen atoms in total. The quantitative estimate of drug-likeness (QED) is 0.779. The van der Waals surface area contributed by atoms with Gasteiger partial charge in [-0.05, 0) is 55.2 Å². The number of hydrogen-bond acceptors (Lipinski definition) is 4. The van der Waals surface area contributed by atoms with E-state index in [2.05, 4.69) is 21.9 Å². The molecule has 2 saturated heterocycles. The van der Waals surface area contributed by atoms with Crippen molar-refractivity contribution in [3.8, 4) is 5.75 Å². The lowest BCUT2D eigenvalue weighted by Crippen LogP contribution is -2.61. The van der Waals surface area contributed by atoms with Crippen LogP contribution >= 0.6 is 0 Å². The van der Waals surface area contributed by atoms with E-state index in [0.717, 1.165) is 63.4 Å². The van der Waals surface area contributed by atoms with Gasteiger partial charge in [-0.25, -0.2) is 4.39 Å². The maximum absolute atomic E-state index is 13.5. The fourth-order valence-corrected chi connectivity index (χ4v) is 5.25. The maximum Gasteiger partial charge on any atom is 0.228 e. The number of rotatable bonds is 3. The van der Waals surface area contributed by atoms with Gasteiger partial charge in [0.25, 0.3) is 0 Å². The van der Waals surface area contributed by atoms with Crippen LogP contribution < -0.4 is 14.5 Å². The molecule has 0 radical (unpaired) electrons. The molecule has 2 aromatic carbocycles. The predicted octanol–water partition coefficient (Wildman–Crippen LogP) is 3.32. The zero-order chi connectivity index (χ0) is 20.7. The molecule has 30 heavy (non-hydrogen) atoms. The van der Waals surface area contributed by atoms with Crippen molar-refractivity contribution in [2.24, 2.45) is 5.92 Å². The summed E-state index contributed by atoms with van der Waals surface area (Å²) < 4.78 is 18.9. The highest BCUT2D eigenvalue weighted by molar-refractivity contribution is 5.83. The van der Waals surface area contributed by atoms with Gasteiger partial charge in [0, 0.05) is 50.2 Å². The number of piperazine rings is 1. The molecule has 1 amide bonds. The molecule has 158 valence electrons. The van der Waals surface area contributed by atoms with Crippen LogP contribution in [0.15, 0.2) is 42.5 Å². The Labute approximate surface area is 177 Å². The summed E-state index contributed by atoms with van der Waals surface area (Å²) in [6, 6.07) is 13.0. The monoisotopic (exact) mass is 409 g/mol. The molecule has 2 aromatic rings. The van der Waals surface area contributed by atoms with Gasteiger partial charge in [-0.3, -0.25) is 4.79 Å². The molecule has 0 saturated carbocycles. The molecule has 3 aliphatic heterocycles. The number of anilines is 2. The summed E-state index contributed by atoms with van der Waals surface area (Å²) in [6.07, 6.45) is 2.96. The number of methoxy groups -OCH3 is 1. The van der Waals surface area contributed by atoms with E-state index >= 15 is 0 Å². The molecule has 5 rings (SSSR count). The summed E-state index contributed by atoms with van der Waals surface area (Å²) in [5, 5.41) is 0. The van der Waals surface area contributed by atoms with Crippen LogP contribution in [-0.2, 0) is 11.2 Å². The zero-order valence-corrected chi connectivity index (χ0v) is 17.4. The Hall–Kier alpha value is -2.76. The topological polar surface area (TPSA) is 36.0 Å². The number of fused-ring (bicyclic) bond motifs is 3. The van der Waals surface area contributed by atoms with Gasteiger partial charge < -0.3 is 19.4 Å². The number of ether oxygens (including phenoxy) is 1. The molecule has 2 fully saturated rings. The van der Waals surface area contributed by atoms with Gasteiger partial charge in [-0.15, -0.1) is 0 Å². The summed E-state index contributed by atoms with van der Waals surface area (Å²) in [4.78, 5) is 20.2. The second kappa shape index (κ2) is 7.82. The largest absolute Gasteiger partial charge is 0.497 e. The van der Waals surface area contributed by atoms with Gasteiger partial charge >= 0.3 is 0 Å². The van der Waals surface area contributed by atoms with Gasteiger partial charge in [-0.2, -0.15) is 0 Å². The Morgan fingerprint density at radius 3 is 2.53 bits per heavy atom. The summed E-state index contributed by atoms with van der Waals surface area (Å²) in [7, 11) is 1.69. The Bertz CT molecular complexity index is 927. The number of hydrogen-bond donors (Lipinski definition) is 0. The number of amides is 1. The van der Waals surface area contributed by atoms with Crippen molar-refractivity contribution in [2.75, 3.05) is 49.6 Å². The smallest absolute Gasteiger partial charge is 0.228 e. The number of carbonyl (C=O) groups is 1. The summed E-state index contributed by atoms with van der Waals surface area (Å²) in [6.45, 7) is 4.17. The third kappa shape index (κ3) is 3.38. The number of benzene rings is 2. The molecule has 2 atom stereocenters. The van der Waals surface area contributed by atoms with Crippen LogP contribution in [0.1, 0.15) is 18.4 Å². The molecule has 0 unspecified atom stereocenters. The molecule has 0 N–H and O–H groups in total. The molecular weight excluding hydrogens is 381 g/mol. The molecule has 0 spiro atoms. The van der Waals surface area contributed by atoms with Crippen molar-refractivity contribution in [1.82, 2.24) is 4.90 Å². The van der Waals surface area contributed by atoms with Crippen LogP contribution in [0.25, 0.3) is 0 Å². The summed E-state index contributed by atoms with van der Waals surface area (Å²) >= 11 is 0. The fourth-order valence-electron chi connectivity index (χ4n) is 5.25. The molecule has 3 heterocycles. The van der Waals surface area contributed by atoms with Gasteiger partial charge in [-0.1, -0.05) is 6.07 Å². The van der Waals surface area contributed by atoms with E-state index in [-0.39, 0.29) is 23.7 Å². The molecule has 0 aliphatic carbocycles. The normalized spacial score (nSPS) is 23.2. The Kier molecular flexibility index (Phi) is 5.01. The van der Waals surface area contributed by atoms with E-state index in [1.165, 1.54) is 23.4 Å². The molecular formula is C24H28FN3O2. The minimum atomic E-state index is -0.224. The molecule has 6 heteroatoms. The van der Waals surface area contributed by atoms with Crippen molar-refractivity contribution in [3.63, 3.8) is 0 Å². The molecule has 0 aromatic heterocycles. The van der Waals surface area contributed by atoms with Crippen molar-refractivity contribution in [3.05, 3.63) is 53.8 Å². The first-order chi connectivity index (χ1) is 14.6. The highest BCUT2D eigenvalue weighted by atomic mass is 19.1. The summed E-state index contributed by atoms with van der Waals surface area (Å²) in [5.41, 5.74) is 3.42. The molecule has 0 bridgehead atoms.